The molecule has 0 aliphatic heterocycles. The van der Waals surface area contributed by atoms with E-state index < -0.39 is 0 Å². The molecule has 2 rings (SSSR count). The molecule has 0 amide bonds. The molecule has 4 heteroatoms. The van der Waals surface area contributed by atoms with Crippen molar-refractivity contribution >= 4 is 0 Å². The van der Waals surface area contributed by atoms with E-state index >= 15 is 0 Å². The van der Waals surface area contributed by atoms with Crippen molar-refractivity contribution in [2.24, 2.45) is 0 Å². The van der Waals surface area contributed by atoms with E-state index in [4.69, 9.17) is 0 Å². The van der Waals surface area contributed by atoms with E-state index in [1.54, 1.807) is 24.5 Å². The Morgan fingerprint density at radius 2 is 2.06 bits per heavy atom. The standard InChI is InChI=1S/C14H16N2O2/c1-10(11-5-3-7-15-8-11)16-9-12-4-2-6-13(17)14(12)18/h2-8,10,16-18H,9H2,1H3. The van der Waals surface area contributed by atoms with E-state index in [2.05, 4.69) is 10.3 Å². The van der Waals surface area contributed by atoms with Gasteiger partial charge >= 0.3 is 0 Å². The molecule has 0 radical (unpaired) electrons. The van der Waals surface area contributed by atoms with Crippen LogP contribution in [0.15, 0.2) is 42.7 Å². The zero-order chi connectivity index (χ0) is 13.0. The molecule has 1 atom stereocenters. The highest BCUT2D eigenvalue weighted by molar-refractivity contribution is 5.44. The number of rotatable bonds is 4. The van der Waals surface area contributed by atoms with Crippen LogP contribution in [0.3, 0.4) is 0 Å². The molecular weight excluding hydrogens is 228 g/mol. The van der Waals surface area contributed by atoms with Gasteiger partial charge in [0.1, 0.15) is 0 Å². The Balaban J connectivity index is 2.02. The summed E-state index contributed by atoms with van der Waals surface area (Å²) < 4.78 is 0. The van der Waals surface area contributed by atoms with Crippen molar-refractivity contribution in [2.45, 2.75) is 19.5 Å². The Morgan fingerprint density at radius 3 is 2.78 bits per heavy atom. The second-order valence-corrected chi connectivity index (χ2v) is 4.17. The lowest BCUT2D eigenvalue weighted by atomic mass is 10.1. The van der Waals surface area contributed by atoms with Crippen molar-refractivity contribution in [3.8, 4) is 11.5 Å². The summed E-state index contributed by atoms with van der Waals surface area (Å²) in [6.45, 7) is 2.51. The van der Waals surface area contributed by atoms with Crippen LogP contribution in [-0.4, -0.2) is 15.2 Å². The summed E-state index contributed by atoms with van der Waals surface area (Å²) >= 11 is 0. The molecule has 0 spiro atoms. The predicted molar refractivity (Wildman–Crippen MR) is 69.3 cm³/mol. The van der Waals surface area contributed by atoms with Gasteiger partial charge in [-0.15, -0.1) is 0 Å². The third-order valence-electron chi connectivity index (χ3n) is 2.88. The van der Waals surface area contributed by atoms with Gasteiger partial charge in [0.25, 0.3) is 0 Å². The van der Waals surface area contributed by atoms with Crippen LogP contribution in [0.2, 0.25) is 0 Å². The number of hydrogen-bond donors (Lipinski definition) is 3. The lowest BCUT2D eigenvalue weighted by Crippen LogP contribution is -2.18. The summed E-state index contributed by atoms with van der Waals surface area (Å²) in [5.41, 5.74) is 1.75. The molecule has 18 heavy (non-hydrogen) atoms. The highest BCUT2D eigenvalue weighted by Gasteiger charge is 2.08. The van der Waals surface area contributed by atoms with E-state index in [1.165, 1.54) is 6.07 Å². The lowest BCUT2D eigenvalue weighted by molar-refractivity contribution is 0.396. The number of benzene rings is 1. The first kappa shape index (κ1) is 12.4. The molecule has 0 fully saturated rings. The Hall–Kier alpha value is -2.07. The first-order valence-corrected chi connectivity index (χ1v) is 5.81. The van der Waals surface area contributed by atoms with Gasteiger partial charge < -0.3 is 15.5 Å². The number of aromatic hydroxyl groups is 2. The summed E-state index contributed by atoms with van der Waals surface area (Å²) in [6.07, 6.45) is 3.54. The summed E-state index contributed by atoms with van der Waals surface area (Å²) in [7, 11) is 0. The molecule has 0 aliphatic rings. The van der Waals surface area contributed by atoms with Crippen LogP contribution in [0.1, 0.15) is 24.1 Å². The van der Waals surface area contributed by atoms with Crippen LogP contribution < -0.4 is 5.32 Å². The zero-order valence-electron chi connectivity index (χ0n) is 10.2. The van der Waals surface area contributed by atoms with Crippen LogP contribution in [0, 0.1) is 0 Å². The maximum absolute atomic E-state index is 9.68. The van der Waals surface area contributed by atoms with Gasteiger partial charge in [-0.25, -0.2) is 0 Å². The molecule has 4 nitrogen and oxygen atoms in total. The number of aromatic nitrogens is 1. The van der Waals surface area contributed by atoms with E-state index in [1.807, 2.05) is 19.1 Å². The molecule has 2 aromatic rings. The maximum Gasteiger partial charge on any atom is 0.161 e. The number of phenols is 2. The minimum absolute atomic E-state index is 0.0663. The van der Waals surface area contributed by atoms with Crippen molar-refractivity contribution in [3.63, 3.8) is 0 Å². The number of para-hydroxylation sites is 1. The molecule has 0 saturated heterocycles. The van der Waals surface area contributed by atoms with E-state index in [-0.39, 0.29) is 17.5 Å². The smallest absolute Gasteiger partial charge is 0.161 e. The molecule has 0 bridgehead atoms. The maximum atomic E-state index is 9.68. The molecule has 1 aromatic heterocycles. The molecule has 1 aromatic carbocycles. The normalized spacial score (nSPS) is 12.3. The van der Waals surface area contributed by atoms with Gasteiger partial charge in [0, 0.05) is 30.5 Å². The molecule has 1 unspecified atom stereocenters. The fourth-order valence-corrected chi connectivity index (χ4v) is 1.73. The average Bonchev–Trinajstić information content (AvgIpc) is 2.41. The Morgan fingerprint density at radius 1 is 1.22 bits per heavy atom. The van der Waals surface area contributed by atoms with Gasteiger partial charge in [-0.3, -0.25) is 4.98 Å². The quantitative estimate of drug-likeness (QED) is 0.722. The van der Waals surface area contributed by atoms with Crippen LogP contribution in [-0.2, 0) is 6.54 Å². The first-order valence-electron chi connectivity index (χ1n) is 5.81. The minimum Gasteiger partial charge on any atom is -0.504 e. The SMILES string of the molecule is CC(NCc1cccc(O)c1O)c1cccnc1. The Kier molecular flexibility index (Phi) is 3.79. The monoisotopic (exact) mass is 244 g/mol. The molecule has 0 saturated carbocycles. The van der Waals surface area contributed by atoms with Gasteiger partial charge in [0.05, 0.1) is 0 Å². The molecule has 1 heterocycles. The topological polar surface area (TPSA) is 65.4 Å². The van der Waals surface area contributed by atoms with Crippen molar-refractivity contribution in [3.05, 3.63) is 53.9 Å². The molecule has 3 N–H and O–H groups in total. The zero-order valence-corrected chi connectivity index (χ0v) is 10.2. The highest BCUT2D eigenvalue weighted by atomic mass is 16.3. The third kappa shape index (κ3) is 2.78. The summed E-state index contributed by atoms with van der Waals surface area (Å²) in [4.78, 5) is 4.06. The van der Waals surface area contributed by atoms with Gasteiger partial charge in [-0.05, 0) is 24.6 Å². The predicted octanol–water partition coefficient (Wildman–Crippen LogP) is 2.34. The van der Waals surface area contributed by atoms with Crippen molar-refractivity contribution < 1.29 is 10.2 Å². The van der Waals surface area contributed by atoms with Gasteiger partial charge in [-0.2, -0.15) is 0 Å². The van der Waals surface area contributed by atoms with Gasteiger partial charge in [0.2, 0.25) is 0 Å². The third-order valence-corrected chi connectivity index (χ3v) is 2.88. The largest absolute Gasteiger partial charge is 0.504 e. The summed E-state index contributed by atoms with van der Waals surface area (Å²) in [5, 5.41) is 22.3. The van der Waals surface area contributed by atoms with Gasteiger partial charge in [0.15, 0.2) is 11.5 Å². The summed E-state index contributed by atoms with van der Waals surface area (Å²) in [5.74, 6) is -0.160. The molecular formula is C14H16N2O2. The van der Waals surface area contributed by atoms with E-state index in [0.717, 1.165) is 5.56 Å². The average molecular weight is 244 g/mol. The fraction of sp³-hybridized carbons (Fsp3) is 0.214. The number of nitrogens with one attached hydrogen (secondary N) is 1. The van der Waals surface area contributed by atoms with Crippen molar-refractivity contribution in [2.75, 3.05) is 0 Å². The van der Waals surface area contributed by atoms with E-state index in [9.17, 15) is 10.2 Å². The minimum atomic E-state index is -0.0941. The van der Waals surface area contributed by atoms with Crippen LogP contribution in [0.25, 0.3) is 0 Å². The Bertz CT molecular complexity index is 514. The van der Waals surface area contributed by atoms with E-state index in [0.29, 0.717) is 12.1 Å². The first-order chi connectivity index (χ1) is 8.68. The lowest BCUT2D eigenvalue weighted by Gasteiger charge is -2.14. The van der Waals surface area contributed by atoms with Crippen molar-refractivity contribution in [1.82, 2.24) is 10.3 Å². The summed E-state index contributed by atoms with van der Waals surface area (Å²) in [6, 6.07) is 8.95. The number of nitrogens with zero attached hydrogens (tertiary/aromatic N) is 1. The van der Waals surface area contributed by atoms with Crippen LogP contribution in [0.4, 0.5) is 0 Å². The van der Waals surface area contributed by atoms with Crippen LogP contribution in [0.5, 0.6) is 11.5 Å². The second kappa shape index (κ2) is 5.51. The molecule has 0 aliphatic carbocycles. The fourth-order valence-electron chi connectivity index (χ4n) is 1.73. The second-order valence-electron chi connectivity index (χ2n) is 4.17. The number of hydrogen-bond acceptors (Lipinski definition) is 4. The van der Waals surface area contributed by atoms with Crippen LogP contribution >= 0.6 is 0 Å². The Labute approximate surface area is 106 Å². The van der Waals surface area contributed by atoms with Gasteiger partial charge in [-0.1, -0.05) is 18.2 Å². The van der Waals surface area contributed by atoms with Crippen molar-refractivity contribution in [1.29, 1.82) is 0 Å². The highest BCUT2D eigenvalue weighted by Crippen LogP contribution is 2.28. The number of phenolic OH excluding ortho intramolecular Hbond substituents is 2. The number of pyridine rings is 1. The molecule has 94 valence electrons.